The lowest BCUT2D eigenvalue weighted by atomic mass is 9.84. The van der Waals surface area contributed by atoms with E-state index in [0.717, 1.165) is 0 Å². The lowest BCUT2D eigenvalue weighted by molar-refractivity contribution is 0.669. The highest BCUT2D eigenvalue weighted by molar-refractivity contribution is 6.25. The van der Waals surface area contributed by atoms with Crippen molar-refractivity contribution in [2.45, 2.75) is 0 Å². The quantitative estimate of drug-likeness (QED) is 0.166. The molecule has 0 bridgehead atoms. The Balaban J connectivity index is 1.27. The van der Waals surface area contributed by atoms with E-state index >= 15 is 0 Å². The van der Waals surface area contributed by atoms with Crippen LogP contribution in [0.15, 0.2) is 198 Å². The van der Waals surface area contributed by atoms with E-state index in [-0.39, 0.29) is 60.2 Å². The van der Waals surface area contributed by atoms with Crippen molar-refractivity contribution in [1.82, 2.24) is 0 Å². The van der Waals surface area contributed by atoms with Crippen LogP contribution in [0, 0.1) is 0 Å². The molecule has 10 rings (SSSR count). The molecular formula is C50H32O. The van der Waals surface area contributed by atoms with Gasteiger partial charge in [-0.3, -0.25) is 0 Å². The van der Waals surface area contributed by atoms with Crippen LogP contribution in [0.2, 0.25) is 0 Å². The Kier molecular flexibility index (Phi) is 3.27. The van der Waals surface area contributed by atoms with Gasteiger partial charge in [0.05, 0.1) is 32.9 Å². The fourth-order valence-corrected chi connectivity index (χ4v) is 6.30. The predicted octanol–water partition coefficient (Wildman–Crippen LogP) is 14.2. The zero-order chi connectivity index (χ0) is 54.6. The lowest BCUT2D eigenvalue weighted by Crippen LogP contribution is -1.91. The van der Waals surface area contributed by atoms with Crippen LogP contribution in [0.1, 0.15) is 32.9 Å². The van der Waals surface area contributed by atoms with Gasteiger partial charge in [-0.05, 0) is 95.3 Å². The first-order chi connectivity index (χ1) is 35.3. The van der Waals surface area contributed by atoms with E-state index in [1.807, 2.05) is 0 Å². The summed E-state index contributed by atoms with van der Waals surface area (Å²) in [7, 11) is 0. The normalized spacial score (nSPS) is 18.1. The summed E-state index contributed by atoms with van der Waals surface area (Å²) in [4.78, 5) is 0. The lowest BCUT2D eigenvalue weighted by Gasteiger charge is -2.18. The van der Waals surface area contributed by atoms with E-state index in [2.05, 4.69) is 0 Å². The highest BCUT2D eigenvalue weighted by atomic mass is 16.3. The van der Waals surface area contributed by atoms with Gasteiger partial charge in [-0.2, -0.15) is 0 Å². The minimum Gasteiger partial charge on any atom is -0.456 e. The molecule has 0 radical (unpaired) electrons. The highest BCUT2D eigenvalue weighted by Crippen LogP contribution is 2.47. The van der Waals surface area contributed by atoms with Crippen LogP contribution >= 0.6 is 0 Å². The Morgan fingerprint density at radius 1 is 0.333 bits per heavy atom. The summed E-state index contributed by atoms with van der Waals surface area (Å²) in [5, 5.41) is 0.670. The fraction of sp³-hybridized carbons (Fsp3) is 0. The molecule has 10 aromatic rings. The number of benzene rings is 9. The van der Waals surface area contributed by atoms with Crippen LogP contribution in [0.25, 0.3) is 99.1 Å². The average molecular weight is 673 g/mol. The summed E-state index contributed by atoms with van der Waals surface area (Å²) in [6, 6.07) is -5.02. The second-order valence-corrected chi connectivity index (χ2v) is 11.4. The predicted molar refractivity (Wildman–Crippen MR) is 216 cm³/mol. The van der Waals surface area contributed by atoms with E-state index in [1.54, 1.807) is 48.5 Å². The molecule has 51 heavy (non-hydrogen) atoms. The number of furan rings is 1. The highest BCUT2D eigenvalue weighted by Gasteiger charge is 2.20. The Morgan fingerprint density at radius 2 is 0.784 bits per heavy atom. The number of fused-ring (bicyclic) bond motifs is 5. The Labute approximate surface area is 330 Å². The third kappa shape index (κ3) is 4.94. The number of hydrogen-bond acceptors (Lipinski definition) is 1. The Morgan fingerprint density at radius 3 is 1.33 bits per heavy atom. The summed E-state index contributed by atoms with van der Waals surface area (Å²) >= 11 is 0. The molecule has 9 aromatic carbocycles. The van der Waals surface area contributed by atoms with Gasteiger partial charge in [0.15, 0.2) is 0 Å². The first-order valence-corrected chi connectivity index (χ1v) is 15.6. The third-order valence-corrected chi connectivity index (χ3v) is 8.50. The van der Waals surface area contributed by atoms with Crippen molar-refractivity contribution in [3.63, 3.8) is 0 Å². The van der Waals surface area contributed by atoms with Crippen molar-refractivity contribution < 1.29 is 37.3 Å². The van der Waals surface area contributed by atoms with Gasteiger partial charge in [-0.15, -0.1) is 0 Å². The van der Waals surface area contributed by atoms with Gasteiger partial charge in [0.25, 0.3) is 0 Å². The molecule has 0 N–H and O–H groups in total. The molecule has 1 aromatic heterocycles. The van der Waals surface area contributed by atoms with Gasteiger partial charge in [0.2, 0.25) is 0 Å². The second kappa shape index (κ2) is 12.0. The smallest absolute Gasteiger partial charge is 0.136 e. The fourth-order valence-electron chi connectivity index (χ4n) is 6.30. The minimum absolute atomic E-state index is 0.100. The molecule has 1 heteroatoms. The molecule has 1 nitrogen and oxygen atoms in total. The van der Waals surface area contributed by atoms with E-state index in [1.165, 1.54) is 0 Å². The zero-order valence-corrected chi connectivity index (χ0v) is 26.0. The van der Waals surface area contributed by atoms with E-state index < -0.39 is 184 Å². The molecule has 0 aliphatic rings. The maximum atomic E-state index is 9.53. The van der Waals surface area contributed by atoms with Gasteiger partial charge in [0, 0.05) is 10.8 Å². The molecule has 1 heterocycles. The zero-order valence-electron chi connectivity index (χ0n) is 50.0. The van der Waals surface area contributed by atoms with Gasteiger partial charge in [-0.1, -0.05) is 175 Å². The third-order valence-electron chi connectivity index (χ3n) is 8.50. The maximum absolute atomic E-state index is 9.53. The molecule has 0 aliphatic heterocycles. The van der Waals surface area contributed by atoms with Gasteiger partial charge in [-0.25, -0.2) is 0 Å². The SMILES string of the molecule is [2H]c1c([2H])c([2H])c(-c2c([2H])c([2H])c(-c3c([2H])c([2H])c(-c4c5ccccc5c(-c5c([2H])c([2H])c([2H])c6oc7c([2H])c(-c8c([2H])c([2H])c([2H])c([2H])c8[2H])c([2H])c([2H])c7c56)c5ccccc45)c([2H])c3[2H])c([2H])c2[2H])c([2H])c1[2H]. The maximum Gasteiger partial charge on any atom is 0.136 e. The monoisotopic (exact) mass is 672 g/mol. The summed E-state index contributed by atoms with van der Waals surface area (Å²) in [6.07, 6.45) is 0. The average Bonchev–Trinajstić information content (AvgIpc) is 3.80. The van der Waals surface area contributed by atoms with Crippen LogP contribution in [-0.2, 0) is 0 Å². The molecule has 0 saturated heterocycles. The van der Waals surface area contributed by atoms with Crippen molar-refractivity contribution in [2.75, 3.05) is 0 Å². The summed E-state index contributed by atoms with van der Waals surface area (Å²) in [5.74, 6) is 0. The van der Waals surface area contributed by atoms with Crippen LogP contribution in [0.4, 0.5) is 0 Å². The van der Waals surface area contributed by atoms with Crippen molar-refractivity contribution >= 4 is 43.5 Å². The molecule has 0 atom stereocenters. The van der Waals surface area contributed by atoms with E-state index in [0.29, 0.717) is 0 Å². The van der Waals surface area contributed by atoms with Gasteiger partial charge < -0.3 is 4.42 Å². The molecule has 0 aliphatic carbocycles. The summed E-state index contributed by atoms with van der Waals surface area (Å²) < 4.78 is 218. The van der Waals surface area contributed by atoms with Crippen LogP contribution in [0.3, 0.4) is 0 Å². The van der Waals surface area contributed by atoms with E-state index in [9.17, 15) is 11.0 Å². The molecular weight excluding hydrogens is 617 g/mol. The summed E-state index contributed by atoms with van der Waals surface area (Å²) in [6.45, 7) is 0. The van der Waals surface area contributed by atoms with Crippen LogP contribution < -0.4 is 0 Å². The summed E-state index contributed by atoms with van der Waals surface area (Å²) in [5.41, 5.74) is -4.47. The standard InChI is InChI=1S/C50H32O/c1-3-12-33(13-4-1)35-22-24-36(25-23-35)37-26-28-38(29-27-37)48-40-16-7-9-18-42(40)49(43-19-10-8-17-41(43)48)45-20-11-21-46-50(45)44-31-30-39(32-47(44)51-46)34-14-5-2-6-15-34/h1-32H/i1D,2D,3D,4D,5D,6D,11D,12D,13D,14D,15D,20D,21D,22D,23D,24D,25D,26D,27D,28D,29D,30D,31D,32D. The van der Waals surface area contributed by atoms with Crippen molar-refractivity contribution in [1.29, 1.82) is 0 Å². The first-order valence-electron chi connectivity index (χ1n) is 27.6. The number of rotatable bonds is 5. The van der Waals surface area contributed by atoms with Crippen molar-refractivity contribution in [2.24, 2.45) is 0 Å². The van der Waals surface area contributed by atoms with E-state index in [4.69, 9.17) is 26.3 Å². The Bertz CT molecular complexity index is 4120. The second-order valence-electron chi connectivity index (χ2n) is 11.4. The van der Waals surface area contributed by atoms with Crippen LogP contribution in [0.5, 0.6) is 0 Å². The van der Waals surface area contributed by atoms with Gasteiger partial charge >= 0.3 is 0 Å². The molecule has 0 unspecified atom stereocenters. The largest absolute Gasteiger partial charge is 0.456 e. The number of hydrogen-bond donors (Lipinski definition) is 0. The molecule has 0 spiro atoms. The molecule has 0 fully saturated rings. The van der Waals surface area contributed by atoms with Gasteiger partial charge in [0.1, 0.15) is 11.2 Å². The van der Waals surface area contributed by atoms with Crippen molar-refractivity contribution in [3.05, 3.63) is 194 Å². The first kappa shape index (κ1) is 13.9. The van der Waals surface area contributed by atoms with Crippen molar-refractivity contribution in [3.8, 4) is 55.6 Å². The molecule has 0 amide bonds. The Hall–Kier alpha value is -6.70. The van der Waals surface area contributed by atoms with Crippen LogP contribution in [-0.4, -0.2) is 0 Å². The topological polar surface area (TPSA) is 13.1 Å². The minimum atomic E-state index is -0.875. The molecule has 0 saturated carbocycles. The molecule has 238 valence electrons.